The molecule has 4 aliphatic rings. The molecule has 1 amide bonds. The molecule has 1 unspecified atom stereocenters. The number of fused-ring (bicyclic) bond motifs is 3. The van der Waals surface area contributed by atoms with Crippen molar-refractivity contribution in [1.82, 2.24) is 19.5 Å². The van der Waals surface area contributed by atoms with Gasteiger partial charge in [0.1, 0.15) is 23.2 Å². The minimum atomic E-state index is -0.264. The van der Waals surface area contributed by atoms with Gasteiger partial charge in [-0.3, -0.25) is 9.59 Å². The number of amides is 1. The Morgan fingerprint density at radius 2 is 1.86 bits per heavy atom. The number of aryl methyl sites for hydroxylation is 2. The summed E-state index contributed by atoms with van der Waals surface area (Å²) in [7, 11) is 1.57. The highest BCUT2D eigenvalue weighted by Crippen LogP contribution is 2.33. The van der Waals surface area contributed by atoms with E-state index in [-0.39, 0.29) is 25.0 Å². The maximum absolute atomic E-state index is 13.0. The Kier molecular flexibility index (Phi) is 11.5. The van der Waals surface area contributed by atoms with Gasteiger partial charge in [-0.2, -0.15) is 5.10 Å². The molecule has 51 heavy (non-hydrogen) atoms. The number of ether oxygens (including phenoxy) is 3. The number of hydrogen-bond donors (Lipinski definition) is 1. The van der Waals surface area contributed by atoms with Gasteiger partial charge in [-0.25, -0.2) is 4.68 Å². The molecule has 2 aromatic heterocycles. The van der Waals surface area contributed by atoms with Crippen LogP contribution < -0.4 is 20.3 Å². The normalized spacial score (nSPS) is 15.7. The van der Waals surface area contributed by atoms with E-state index in [9.17, 15) is 9.59 Å². The fourth-order valence-electron chi connectivity index (χ4n) is 6.54. The zero-order valence-electron chi connectivity index (χ0n) is 29.8. The van der Waals surface area contributed by atoms with Crippen LogP contribution in [0.4, 0.5) is 5.69 Å². The van der Waals surface area contributed by atoms with Crippen LogP contribution >= 0.6 is 11.3 Å². The zero-order valence-corrected chi connectivity index (χ0v) is 30.6. The fourth-order valence-corrected chi connectivity index (χ4v) is 7.24. The van der Waals surface area contributed by atoms with E-state index in [4.69, 9.17) is 23.8 Å². The van der Waals surface area contributed by atoms with Crippen molar-refractivity contribution in [2.24, 2.45) is 0 Å². The molecule has 3 aliphatic heterocycles. The average molecular weight is 714 g/mol. The standard InChI is InChI=1S/C20H19N3OS.C17H20N2O5.C2H6.H2/c24-20-17-13-22(12-15-8-5-11-25-15)18-10-4-3-9-16(18)19(17)21-23(20)14-6-1-2-7-14;1-10-16(11(2)24-19-10)18-17(20)12-4-5-14(21-3)15(8-12)23-13-6-7-22-9-13;1-2;/h3-5,8-11,13-14H,1-2,6-7,12H2;4-5,8,13H,6-7,9H2,1-3H3,(H,18,20);1-2H3;1H. The van der Waals surface area contributed by atoms with Gasteiger partial charge in [0.25, 0.3) is 11.5 Å². The number of nitrogens with one attached hydrogen (secondary N) is 1. The second-order valence-electron chi connectivity index (χ2n) is 12.4. The predicted octanol–water partition coefficient (Wildman–Crippen LogP) is 8.52. The third-order valence-corrected chi connectivity index (χ3v) is 9.97. The molecule has 1 saturated carbocycles. The van der Waals surface area contributed by atoms with Crippen LogP contribution in [0, 0.1) is 13.8 Å². The van der Waals surface area contributed by atoms with Crippen molar-refractivity contribution in [2.45, 2.75) is 78.5 Å². The smallest absolute Gasteiger partial charge is 0.278 e. The van der Waals surface area contributed by atoms with Crippen LogP contribution in [-0.4, -0.2) is 51.8 Å². The van der Waals surface area contributed by atoms with E-state index in [1.165, 1.54) is 17.7 Å². The number of carbonyl (C=O) groups is 1. The highest BCUT2D eigenvalue weighted by atomic mass is 32.1. The van der Waals surface area contributed by atoms with Crippen molar-refractivity contribution >= 4 is 33.8 Å². The predicted molar refractivity (Wildman–Crippen MR) is 202 cm³/mol. The highest BCUT2D eigenvalue weighted by Gasteiger charge is 2.26. The lowest BCUT2D eigenvalue weighted by atomic mass is 10.1. The Balaban J connectivity index is 0.000000189. The first-order chi connectivity index (χ1) is 24.9. The lowest BCUT2D eigenvalue weighted by molar-refractivity contribution is 0.102. The van der Waals surface area contributed by atoms with Gasteiger partial charge in [0.2, 0.25) is 0 Å². The number of methoxy groups -OCH3 is 1. The van der Waals surface area contributed by atoms with Crippen LogP contribution in [0.2, 0.25) is 0 Å². The number of aromatic nitrogens is 4. The van der Waals surface area contributed by atoms with Crippen LogP contribution in [-0.2, 0) is 11.3 Å². The van der Waals surface area contributed by atoms with Gasteiger partial charge in [0, 0.05) is 29.9 Å². The molecule has 0 radical (unpaired) electrons. The molecule has 1 N–H and O–H groups in total. The van der Waals surface area contributed by atoms with E-state index in [0.29, 0.717) is 47.4 Å². The van der Waals surface area contributed by atoms with Crippen molar-refractivity contribution in [3.63, 3.8) is 0 Å². The highest BCUT2D eigenvalue weighted by molar-refractivity contribution is 7.09. The van der Waals surface area contributed by atoms with Crippen LogP contribution in [0.3, 0.4) is 0 Å². The molecule has 4 aromatic rings. The lowest BCUT2D eigenvalue weighted by Gasteiger charge is -2.16. The first kappa shape index (κ1) is 35.9. The number of para-hydroxylation sites is 1. The van der Waals surface area contributed by atoms with Gasteiger partial charge in [0.15, 0.2) is 17.3 Å². The van der Waals surface area contributed by atoms with E-state index in [1.807, 2.05) is 32.2 Å². The van der Waals surface area contributed by atoms with Crippen molar-refractivity contribution in [3.05, 3.63) is 98.4 Å². The second-order valence-corrected chi connectivity index (χ2v) is 13.5. The van der Waals surface area contributed by atoms with Crippen molar-refractivity contribution in [1.29, 1.82) is 0 Å². The van der Waals surface area contributed by atoms with Crippen LogP contribution in [0.1, 0.15) is 80.1 Å². The molecule has 2 aromatic carbocycles. The number of hydrogen-bond acceptors (Lipinski definition) is 9. The van der Waals surface area contributed by atoms with Crippen LogP contribution in [0.15, 0.2) is 75.5 Å². The molecule has 5 heterocycles. The Morgan fingerprint density at radius 1 is 1.06 bits per heavy atom. The van der Waals surface area contributed by atoms with Crippen molar-refractivity contribution in [3.8, 4) is 22.8 Å². The lowest BCUT2D eigenvalue weighted by Crippen LogP contribution is -2.20. The van der Waals surface area contributed by atoms with E-state index >= 15 is 0 Å². The molecule has 1 aliphatic carbocycles. The topological polar surface area (TPSA) is 123 Å². The van der Waals surface area contributed by atoms with Crippen molar-refractivity contribution in [2.75, 3.05) is 25.6 Å². The minimum absolute atomic E-state index is 0. The monoisotopic (exact) mass is 713 g/mol. The molecule has 270 valence electrons. The molecule has 12 heteroatoms. The number of thiophene rings is 1. The quantitative estimate of drug-likeness (QED) is 0.167. The van der Waals surface area contributed by atoms with Gasteiger partial charge in [0.05, 0.1) is 44.0 Å². The first-order valence-corrected chi connectivity index (χ1v) is 18.5. The van der Waals surface area contributed by atoms with Gasteiger partial charge in [-0.1, -0.05) is 56.1 Å². The van der Waals surface area contributed by atoms with Gasteiger partial charge in [-0.05, 0) is 62.4 Å². The number of rotatable bonds is 8. The van der Waals surface area contributed by atoms with E-state index in [2.05, 4.69) is 44.7 Å². The zero-order chi connectivity index (χ0) is 35.9. The summed E-state index contributed by atoms with van der Waals surface area (Å²) < 4.78 is 25.5. The summed E-state index contributed by atoms with van der Waals surface area (Å²) in [6.07, 6.45) is 7.31. The van der Waals surface area contributed by atoms with E-state index in [1.54, 1.807) is 55.2 Å². The third kappa shape index (κ3) is 7.87. The molecule has 0 spiro atoms. The largest absolute Gasteiger partial charge is 0.493 e. The van der Waals surface area contributed by atoms with Crippen molar-refractivity contribution < 1.29 is 25.0 Å². The number of benzene rings is 2. The Labute approximate surface area is 303 Å². The van der Waals surface area contributed by atoms with Gasteiger partial charge < -0.3 is 28.6 Å². The summed E-state index contributed by atoms with van der Waals surface area (Å²) in [5.74, 6) is 1.41. The molecule has 2 fully saturated rings. The Bertz CT molecular complexity index is 2070. The Morgan fingerprint density at radius 3 is 2.55 bits per heavy atom. The average Bonchev–Trinajstić information content (AvgIpc) is 4.02. The molecule has 1 atom stereocenters. The third-order valence-electron chi connectivity index (χ3n) is 9.11. The SMILES string of the molecule is CC.COc1ccc(C(=O)Nc2c(C)noc2C)cc1OC1CCOC1.O=c1c2cn(Cc3cccs3)c3ccccc3c-2nn1C1CCCC1.[HH]. The maximum Gasteiger partial charge on any atom is 0.278 e. The molecule has 8 rings (SSSR count). The number of pyridine rings is 1. The molecule has 11 nitrogen and oxygen atoms in total. The summed E-state index contributed by atoms with van der Waals surface area (Å²) in [6, 6.07) is 17.8. The van der Waals surface area contributed by atoms with E-state index < -0.39 is 0 Å². The molecule has 0 bridgehead atoms. The van der Waals surface area contributed by atoms with Gasteiger partial charge >= 0.3 is 0 Å². The van der Waals surface area contributed by atoms with Crippen LogP contribution in [0.5, 0.6) is 11.5 Å². The van der Waals surface area contributed by atoms with Crippen LogP contribution in [0.25, 0.3) is 22.2 Å². The molecular weight excluding hydrogens is 667 g/mol. The summed E-state index contributed by atoms with van der Waals surface area (Å²) in [6.45, 7) is 9.52. The summed E-state index contributed by atoms with van der Waals surface area (Å²) in [5.41, 5.74) is 4.45. The van der Waals surface area contributed by atoms with Gasteiger partial charge in [-0.15, -0.1) is 11.3 Å². The minimum Gasteiger partial charge on any atom is -0.493 e. The number of nitrogens with zero attached hydrogens (tertiary/aromatic N) is 4. The fraction of sp³-hybridized carbons (Fsp3) is 0.385. The number of carbonyl (C=O) groups excluding carboxylic acids is 1. The summed E-state index contributed by atoms with van der Waals surface area (Å²) >= 11 is 1.74. The molecular formula is C39H47N5O6S. The van der Waals surface area contributed by atoms with E-state index in [0.717, 1.165) is 48.0 Å². The first-order valence-electron chi connectivity index (χ1n) is 17.6. The maximum atomic E-state index is 13.0. The second kappa shape index (κ2) is 16.4. The number of anilines is 1. The summed E-state index contributed by atoms with van der Waals surface area (Å²) in [4.78, 5) is 26.8. The summed E-state index contributed by atoms with van der Waals surface area (Å²) in [5, 5.41) is 14.6. The Hall–Kier alpha value is -4.94. The molecule has 1 saturated heterocycles.